The van der Waals surface area contributed by atoms with E-state index in [9.17, 15) is 4.79 Å². The van der Waals surface area contributed by atoms with Crippen molar-refractivity contribution < 1.29 is 4.79 Å². The molecule has 3 nitrogen and oxygen atoms in total. The number of primary amides is 1. The van der Waals surface area contributed by atoms with Crippen molar-refractivity contribution >= 4 is 29.4 Å². The van der Waals surface area contributed by atoms with Crippen LogP contribution in [0.25, 0.3) is 0 Å². The van der Waals surface area contributed by atoms with Crippen molar-refractivity contribution in [2.45, 2.75) is 13.0 Å². The molecular weight excluding hydrogens is 184 g/mol. The molecule has 0 aromatic carbocycles. The van der Waals surface area contributed by atoms with Gasteiger partial charge in [0.2, 0.25) is 0 Å². The molecule has 0 aliphatic heterocycles. The first-order valence-electron chi connectivity index (χ1n) is 3.12. The van der Waals surface area contributed by atoms with Gasteiger partial charge >= 0.3 is 0 Å². The average molecular weight is 199 g/mol. The van der Waals surface area contributed by atoms with Crippen LogP contribution in [0.1, 0.15) is 6.92 Å². The smallest absolute Gasteiger partial charge is 0.276 e. The normalized spacial score (nSPS) is 12.4. The van der Waals surface area contributed by atoms with Crippen LogP contribution >= 0.6 is 24.2 Å². The fourth-order valence-corrected chi connectivity index (χ4v) is 1.06. The summed E-state index contributed by atoms with van der Waals surface area (Å²) < 4.78 is 0. The van der Waals surface area contributed by atoms with Gasteiger partial charge in [0.25, 0.3) is 5.24 Å². The Morgan fingerprint density at radius 2 is 2.09 bits per heavy atom. The first-order chi connectivity index (χ1) is 4.54. The van der Waals surface area contributed by atoms with Gasteiger partial charge in [0.05, 0.1) is 0 Å². The zero-order valence-electron chi connectivity index (χ0n) is 7.03. The van der Waals surface area contributed by atoms with Crippen molar-refractivity contribution in [1.29, 1.82) is 0 Å². The summed E-state index contributed by atoms with van der Waals surface area (Å²) >= 11 is 1.16. The van der Waals surface area contributed by atoms with Gasteiger partial charge < -0.3 is 10.6 Å². The fourth-order valence-electron chi connectivity index (χ4n) is 0.352. The van der Waals surface area contributed by atoms with E-state index in [1.54, 1.807) is 0 Å². The summed E-state index contributed by atoms with van der Waals surface area (Å²) in [5.74, 6) is 0.766. The van der Waals surface area contributed by atoms with E-state index in [1.807, 2.05) is 14.1 Å². The van der Waals surface area contributed by atoms with E-state index in [0.29, 0.717) is 6.04 Å². The molecule has 0 aliphatic carbocycles. The predicted octanol–water partition coefficient (Wildman–Crippen LogP) is 1.17. The van der Waals surface area contributed by atoms with E-state index in [2.05, 4.69) is 11.8 Å². The molecule has 68 valence electrons. The number of halogens is 1. The Labute approximate surface area is 78.1 Å². The van der Waals surface area contributed by atoms with Crippen LogP contribution in [0.2, 0.25) is 0 Å². The lowest BCUT2D eigenvalue weighted by Crippen LogP contribution is -2.27. The quantitative estimate of drug-likeness (QED) is 0.741. The highest BCUT2D eigenvalue weighted by Crippen LogP contribution is 2.04. The molecule has 0 fully saturated rings. The molecule has 5 heteroatoms. The van der Waals surface area contributed by atoms with Gasteiger partial charge in [-0.2, -0.15) is 0 Å². The molecule has 0 heterocycles. The number of hydrogen-bond acceptors (Lipinski definition) is 3. The minimum absolute atomic E-state index is 0. The number of thioether (sulfide) groups is 1. The number of carbonyl (C=O) groups is 1. The minimum Gasteiger partial charge on any atom is -0.361 e. The number of hydrogen-bond donors (Lipinski definition) is 1. The summed E-state index contributed by atoms with van der Waals surface area (Å²) in [7, 11) is 3.96. The second kappa shape index (κ2) is 6.76. The largest absolute Gasteiger partial charge is 0.361 e. The van der Waals surface area contributed by atoms with Crippen molar-refractivity contribution in [2.24, 2.45) is 5.73 Å². The number of nitrogens with two attached hydrogens (primary N) is 1. The summed E-state index contributed by atoms with van der Waals surface area (Å²) in [6.07, 6.45) is 0. The molecule has 0 aromatic heterocycles. The molecule has 0 bridgehead atoms. The SMILES string of the molecule is CC(CSC(N)=O)N(C)C.Cl. The van der Waals surface area contributed by atoms with E-state index in [4.69, 9.17) is 5.73 Å². The van der Waals surface area contributed by atoms with E-state index >= 15 is 0 Å². The summed E-state index contributed by atoms with van der Waals surface area (Å²) in [6.45, 7) is 2.05. The topological polar surface area (TPSA) is 46.3 Å². The van der Waals surface area contributed by atoms with Crippen molar-refractivity contribution in [1.82, 2.24) is 4.90 Å². The summed E-state index contributed by atoms with van der Waals surface area (Å²) in [4.78, 5) is 12.3. The van der Waals surface area contributed by atoms with Gasteiger partial charge in [0.1, 0.15) is 0 Å². The highest BCUT2D eigenvalue weighted by Gasteiger charge is 2.05. The number of carbonyl (C=O) groups excluding carboxylic acids is 1. The lowest BCUT2D eigenvalue weighted by Gasteiger charge is -2.17. The van der Waals surface area contributed by atoms with Crippen LogP contribution in [0.15, 0.2) is 0 Å². The van der Waals surface area contributed by atoms with Crippen LogP contribution in [0.5, 0.6) is 0 Å². The molecule has 0 radical (unpaired) electrons. The molecule has 0 aliphatic rings. The first-order valence-corrected chi connectivity index (χ1v) is 4.11. The van der Waals surface area contributed by atoms with Gasteiger partial charge in [-0.05, 0) is 21.0 Å². The van der Waals surface area contributed by atoms with Crippen LogP contribution in [-0.2, 0) is 0 Å². The van der Waals surface area contributed by atoms with Crippen molar-refractivity contribution in [3.63, 3.8) is 0 Å². The Morgan fingerprint density at radius 1 is 1.64 bits per heavy atom. The number of amides is 1. The number of nitrogens with zero attached hydrogens (tertiary/aromatic N) is 1. The molecule has 0 rings (SSSR count). The van der Waals surface area contributed by atoms with Crippen LogP contribution in [0.4, 0.5) is 4.79 Å². The van der Waals surface area contributed by atoms with E-state index in [1.165, 1.54) is 0 Å². The third-order valence-corrected chi connectivity index (χ3v) is 2.28. The summed E-state index contributed by atoms with van der Waals surface area (Å²) in [6, 6.07) is 0.400. The lowest BCUT2D eigenvalue weighted by atomic mass is 10.4. The molecule has 0 spiro atoms. The third-order valence-electron chi connectivity index (χ3n) is 1.35. The molecular formula is C6H15ClN2OS. The van der Waals surface area contributed by atoms with Crippen molar-refractivity contribution in [3.8, 4) is 0 Å². The van der Waals surface area contributed by atoms with Crippen molar-refractivity contribution in [2.75, 3.05) is 19.8 Å². The molecule has 0 saturated carbocycles. The Hall–Kier alpha value is 0.0700. The Morgan fingerprint density at radius 3 is 2.36 bits per heavy atom. The maximum atomic E-state index is 10.3. The molecule has 1 amide bonds. The zero-order chi connectivity index (χ0) is 8.15. The lowest BCUT2D eigenvalue weighted by molar-refractivity contribution is 0.267. The average Bonchev–Trinajstić information content (AvgIpc) is 1.82. The predicted molar refractivity (Wildman–Crippen MR) is 52.4 cm³/mol. The highest BCUT2D eigenvalue weighted by atomic mass is 35.5. The monoisotopic (exact) mass is 198 g/mol. The van der Waals surface area contributed by atoms with E-state index < -0.39 is 0 Å². The van der Waals surface area contributed by atoms with Gasteiger partial charge in [-0.3, -0.25) is 4.79 Å². The Bertz CT molecular complexity index is 121. The second-order valence-electron chi connectivity index (χ2n) is 2.44. The minimum atomic E-state index is -0.297. The molecule has 2 N–H and O–H groups in total. The standard InChI is InChI=1S/C6H14N2OS.ClH/c1-5(8(2)3)4-10-6(7)9;/h5H,4H2,1-3H3,(H2,7,9);1H. The maximum absolute atomic E-state index is 10.3. The van der Waals surface area contributed by atoms with Gasteiger partial charge in [0, 0.05) is 11.8 Å². The van der Waals surface area contributed by atoms with Crippen LogP contribution < -0.4 is 5.73 Å². The Balaban J connectivity index is 0. The highest BCUT2D eigenvalue weighted by molar-refractivity contribution is 8.13. The third kappa shape index (κ3) is 7.97. The fraction of sp³-hybridized carbons (Fsp3) is 0.833. The second-order valence-corrected chi connectivity index (χ2v) is 3.47. The first kappa shape index (κ1) is 13.6. The molecule has 0 aromatic rings. The van der Waals surface area contributed by atoms with Crippen molar-refractivity contribution in [3.05, 3.63) is 0 Å². The van der Waals surface area contributed by atoms with Crippen LogP contribution in [0, 0.1) is 0 Å². The van der Waals surface area contributed by atoms with Gasteiger partial charge in [0.15, 0.2) is 0 Å². The van der Waals surface area contributed by atoms with Gasteiger partial charge in [-0.15, -0.1) is 12.4 Å². The summed E-state index contributed by atoms with van der Waals surface area (Å²) in [5.41, 5.74) is 4.95. The number of rotatable bonds is 3. The zero-order valence-corrected chi connectivity index (χ0v) is 8.67. The molecule has 1 unspecified atom stereocenters. The van der Waals surface area contributed by atoms with E-state index in [0.717, 1.165) is 17.5 Å². The Kier molecular flexibility index (Phi) is 8.39. The van der Waals surface area contributed by atoms with E-state index in [-0.39, 0.29) is 17.6 Å². The van der Waals surface area contributed by atoms with Gasteiger partial charge in [-0.1, -0.05) is 11.8 Å². The van der Waals surface area contributed by atoms with Crippen LogP contribution in [0.3, 0.4) is 0 Å². The molecule has 0 saturated heterocycles. The van der Waals surface area contributed by atoms with Gasteiger partial charge in [-0.25, -0.2) is 0 Å². The summed E-state index contributed by atoms with van der Waals surface area (Å²) in [5, 5.41) is -0.297. The van der Waals surface area contributed by atoms with Crippen LogP contribution in [-0.4, -0.2) is 36.0 Å². The maximum Gasteiger partial charge on any atom is 0.276 e. The molecule has 11 heavy (non-hydrogen) atoms. The molecule has 1 atom stereocenters.